The van der Waals surface area contributed by atoms with E-state index in [1.54, 1.807) is 43.1 Å². The number of esters is 1. The summed E-state index contributed by atoms with van der Waals surface area (Å²) in [6.07, 6.45) is -0.625. The van der Waals surface area contributed by atoms with Crippen LogP contribution in [-0.2, 0) is 14.6 Å². The minimum atomic E-state index is -3.57. The van der Waals surface area contributed by atoms with Gasteiger partial charge in [0.2, 0.25) is 14.2 Å². The molecule has 1 aliphatic heterocycles. The van der Waals surface area contributed by atoms with Gasteiger partial charge >= 0.3 is 11.1 Å². The quantitative estimate of drug-likeness (QED) is 0.238. The second-order valence-electron chi connectivity index (χ2n) is 6.51. The predicted molar refractivity (Wildman–Crippen MR) is 113 cm³/mol. The van der Waals surface area contributed by atoms with Crippen LogP contribution in [-0.4, -0.2) is 61.7 Å². The van der Waals surface area contributed by atoms with E-state index in [-0.39, 0.29) is 28.4 Å². The summed E-state index contributed by atoms with van der Waals surface area (Å²) in [7, 11) is -1.85. The third-order valence-corrected chi connectivity index (χ3v) is 8.29. The van der Waals surface area contributed by atoms with Gasteiger partial charge in [-0.2, -0.15) is 0 Å². The molecule has 0 spiro atoms. The van der Waals surface area contributed by atoms with Crippen molar-refractivity contribution in [3.8, 4) is 0 Å². The summed E-state index contributed by atoms with van der Waals surface area (Å²) >= 11 is 2.86. The summed E-state index contributed by atoms with van der Waals surface area (Å²) in [5.41, 5.74) is 0.338. The van der Waals surface area contributed by atoms with Crippen LogP contribution in [0.15, 0.2) is 28.6 Å². The van der Waals surface area contributed by atoms with Crippen LogP contribution in [0.1, 0.15) is 23.7 Å². The summed E-state index contributed by atoms with van der Waals surface area (Å²) in [6.45, 7) is 1.93. The second-order valence-corrected chi connectivity index (χ2v) is 11.0. The standard InChI is InChI=1S/C16H19IN4O5S2/c1-3-8-28(24,25)16-19-18-15(27-16)21(23)10-20(2)9-13(21)26-14(22)11-4-6-12(17)7-5-11/h4-7,13H,3,8-10H2,1-2H3. The van der Waals surface area contributed by atoms with E-state index in [1.807, 2.05) is 0 Å². The topological polar surface area (TPSA) is 113 Å². The van der Waals surface area contributed by atoms with E-state index in [2.05, 4.69) is 32.8 Å². The molecular weight excluding hydrogens is 519 g/mol. The predicted octanol–water partition coefficient (Wildman–Crippen LogP) is 2.22. The molecule has 2 atom stereocenters. The minimum Gasteiger partial charge on any atom is -0.622 e. The zero-order valence-electron chi connectivity index (χ0n) is 15.2. The first kappa shape index (κ1) is 21.5. The summed E-state index contributed by atoms with van der Waals surface area (Å²) in [5, 5.41) is 21.0. The van der Waals surface area contributed by atoms with Crippen molar-refractivity contribution in [2.24, 2.45) is 0 Å². The molecule has 0 N–H and O–H groups in total. The van der Waals surface area contributed by atoms with E-state index in [1.165, 1.54) is 0 Å². The van der Waals surface area contributed by atoms with Crippen molar-refractivity contribution in [3.05, 3.63) is 38.6 Å². The number of hydroxylamine groups is 2. The lowest BCUT2D eigenvalue weighted by Gasteiger charge is -2.38. The maximum absolute atomic E-state index is 13.5. The van der Waals surface area contributed by atoms with Crippen molar-refractivity contribution >= 4 is 54.9 Å². The summed E-state index contributed by atoms with van der Waals surface area (Å²) < 4.78 is 29.6. The Balaban J connectivity index is 1.85. The largest absolute Gasteiger partial charge is 0.622 e. The first-order valence-corrected chi connectivity index (χ1v) is 12.0. The van der Waals surface area contributed by atoms with E-state index in [0.29, 0.717) is 12.0 Å². The second kappa shape index (κ2) is 8.28. The molecule has 0 saturated carbocycles. The lowest BCUT2D eigenvalue weighted by molar-refractivity contribution is 0.00559. The fourth-order valence-electron chi connectivity index (χ4n) is 2.83. The van der Waals surface area contributed by atoms with E-state index in [4.69, 9.17) is 4.74 Å². The number of carbonyl (C=O) groups is 1. The van der Waals surface area contributed by atoms with Gasteiger partial charge in [0.1, 0.15) is 6.67 Å². The molecular formula is C16H19IN4O5S2. The fourth-order valence-corrected chi connectivity index (χ4v) is 5.69. The van der Waals surface area contributed by atoms with E-state index >= 15 is 0 Å². The SMILES string of the molecule is CCCS(=O)(=O)c1nnc([N+]2([O-])CN(C)CC2OC(=O)c2ccc(I)cc2)s1. The average Bonchev–Trinajstić information content (AvgIpc) is 3.22. The third-order valence-electron chi connectivity index (χ3n) is 4.17. The van der Waals surface area contributed by atoms with Crippen molar-refractivity contribution < 1.29 is 17.9 Å². The Hall–Kier alpha value is -1.19. The highest BCUT2D eigenvalue weighted by atomic mass is 127. The number of nitrogens with zero attached hydrogens (tertiary/aromatic N) is 4. The zero-order chi connectivity index (χ0) is 20.5. The molecule has 0 aliphatic carbocycles. The summed E-state index contributed by atoms with van der Waals surface area (Å²) in [6, 6.07) is 6.80. The first-order chi connectivity index (χ1) is 13.2. The van der Waals surface area contributed by atoms with Crippen molar-refractivity contribution in [2.75, 3.05) is 26.0 Å². The number of rotatable bonds is 6. The number of hydrogen-bond acceptors (Lipinski definition) is 9. The molecule has 1 aromatic carbocycles. The number of ether oxygens (including phenoxy) is 1. The summed E-state index contributed by atoms with van der Waals surface area (Å²) in [5.74, 6) is -0.676. The highest BCUT2D eigenvalue weighted by Gasteiger charge is 2.46. The van der Waals surface area contributed by atoms with Crippen LogP contribution in [0.2, 0.25) is 0 Å². The molecule has 9 nitrogen and oxygen atoms in total. The number of sulfone groups is 1. The Morgan fingerprint density at radius 3 is 2.71 bits per heavy atom. The van der Waals surface area contributed by atoms with Crippen molar-refractivity contribution in [1.29, 1.82) is 0 Å². The highest BCUT2D eigenvalue weighted by Crippen LogP contribution is 2.35. The number of halogens is 1. The summed E-state index contributed by atoms with van der Waals surface area (Å²) in [4.78, 5) is 14.2. The van der Waals surface area contributed by atoms with Crippen LogP contribution in [0.4, 0.5) is 5.13 Å². The Morgan fingerprint density at radius 2 is 2.07 bits per heavy atom. The molecule has 2 unspecified atom stereocenters. The molecule has 152 valence electrons. The maximum Gasteiger partial charge on any atom is 0.342 e. The highest BCUT2D eigenvalue weighted by molar-refractivity contribution is 14.1. The molecule has 2 heterocycles. The molecule has 3 rings (SSSR count). The van der Waals surface area contributed by atoms with Crippen LogP contribution < -0.4 is 4.65 Å². The van der Waals surface area contributed by atoms with Gasteiger partial charge in [0, 0.05) is 3.57 Å². The Labute approximate surface area is 180 Å². The Bertz CT molecular complexity index is 966. The third kappa shape index (κ3) is 4.36. The molecule has 1 saturated heterocycles. The van der Waals surface area contributed by atoms with Crippen LogP contribution in [0.25, 0.3) is 0 Å². The van der Waals surface area contributed by atoms with E-state index in [0.717, 1.165) is 14.9 Å². The van der Waals surface area contributed by atoms with Crippen molar-refractivity contribution in [2.45, 2.75) is 23.9 Å². The van der Waals surface area contributed by atoms with E-state index < -0.39 is 26.7 Å². The number of carbonyl (C=O) groups excluding carboxylic acids is 1. The van der Waals surface area contributed by atoms with Gasteiger partial charge in [0.15, 0.2) is 0 Å². The van der Waals surface area contributed by atoms with Gasteiger partial charge in [0.25, 0.3) is 6.23 Å². The number of likely N-dealkylation sites (N-methyl/N-ethyl adjacent to an activating group) is 1. The normalized spacial score (nSPS) is 23.1. The van der Waals surface area contributed by atoms with Gasteiger partial charge in [-0.25, -0.2) is 18.1 Å². The van der Waals surface area contributed by atoms with Crippen LogP contribution >= 0.6 is 33.9 Å². The molecule has 0 radical (unpaired) electrons. The van der Waals surface area contributed by atoms with Gasteiger partial charge in [0.05, 0.1) is 17.9 Å². The molecule has 1 aromatic heterocycles. The zero-order valence-corrected chi connectivity index (χ0v) is 19.0. The van der Waals surface area contributed by atoms with Crippen LogP contribution in [0.3, 0.4) is 0 Å². The lowest BCUT2D eigenvalue weighted by Crippen LogP contribution is -2.50. The monoisotopic (exact) mass is 538 g/mol. The van der Waals surface area contributed by atoms with Gasteiger partial charge in [-0.3, -0.25) is 4.65 Å². The van der Waals surface area contributed by atoms with Gasteiger partial charge in [-0.05, 0) is 71.7 Å². The minimum absolute atomic E-state index is 0.0207. The molecule has 12 heteroatoms. The van der Waals surface area contributed by atoms with E-state index in [9.17, 15) is 18.4 Å². The Kier molecular flexibility index (Phi) is 6.36. The van der Waals surface area contributed by atoms with Gasteiger partial charge in [-0.15, -0.1) is 5.10 Å². The maximum atomic E-state index is 13.5. The van der Waals surface area contributed by atoms with Crippen molar-refractivity contribution in [1.82, 2.24) is 19.7 Å². The molecule has 0 amide bonds. The van der Waals surface area contributed by atoms with Crippen LogP contribution in [0.5, 0.6) is 0 Å². The molecule has 28 heavy (non-hydrogen) atoms. The molecule has 0 bridgehead atoms. The van der Waals surface area contributed by atoms with Gasteiger partial charge < -0.3 is 9.94 Å². The first-order valence-electron chi connectivity index (χ1n) is 8.46. The Morgan fingerprint density at radius 1 is 1.39 bits per heavy atom. The molecule has 1 fully saturated rings. The van der Waals surface area contributed by atoms with Gasteiger partial charge in [-0.1, -0.05) is 12.0 Å². The smallest absolute Gasteiger partial charge is 0.342 e. The number of quaternary nitrogens is 1. The van der Waals surface area contributed by atoms with Crippen molar-refractivity contribution in [3.63, 3.8) is 0 Å². The number of hydrogen-bond donors (Lipinski definition) is 0. The van der Waals surface area contributed by atoms with Crippen LogP contribution in [0, 0.1) is 8.78 Å². The average molecular weight is 538 g/mol. The lowest BCUT2D eigenvalue weighted by atomic mass is 10.2. The number of benzene rings is 1. The number of aromatic nitrogens is 2. The fraction of sp³-hybridized carbons (Fsp3) is 0.438. The molecule has 2 aromatic rings. The molecule has 1 aliphatic rings.